The van der Waals surface area contributed by atoms with Gasteiger partial charge in [-0.05, 0) is 54.8 Å². The van der Waals surface area contributed by atoms with E-state index in [-0.39, 0.29) is 0 Å². The number of benzene rings is 2. The van der Waals surface area contributed by atoms with Gasteiger partial charge in [0.15, 0.2) is 0 Å². The Labute approximate surface area is 212 Å². The summed E-state index contributed by atoms with van der Waals surface area (Å²) in [5, 5.41) is 9.88. The van der Waals surface area contributed by atoms with Crippen LogP contribution in [0, 0.1) is 11.6 Å². The molecule has 3 nitrogen and oxygen atoms in total. The molecule has 0 aliphatic heterocycles. The van der Waals surface area contributed by atoms with Gasteiger partial charge in [-0.3, -0.25) is 0 Å². The molecule has 0 radical (unpaired) electrons. The normalized spacial score (nSPS) is 20.3. The number of ether oxygens (including phenoxy) is 1. The highest BCUT2D eigenvalue weighted by atomic mass is 79.9. The second kappa shape index (κ2) is 10.7. The molecule has 6 heteroatoms. The fourth-order valence-electron chi connectivity index (χ4n) is 4.49. The number of aromatic nitrogens is 1. The molecule has 35 heavy (non-hydrogen) atoms. The van der Waals surface area contributed by atoms with Crippen LogP contribution in [-0.4, -0.2) is 23.3 Å². The van der Waals surface area contributed by atoms with Crippen LogP contribution in [0.15, 0.2) is 95.7 Å². The largest absolute Gasteiger partial charge is 0.481 e. The summed E-state index contributed by atoms with van der Waals surface area (Å²) in [6.45, 7) is 1.71. The van der Waals surface area contributed by atoms with Crippen molar-refractivity contribution in [3.05, 3.63) is 118 Å². The third kappa shape index (κ3) is 5.44. The lowest BCUT2D eigenvalue weighted by Crippen LogP contribution is -2.31. The predicted octanol–water partition coefficient (Wildman–Crippen LogP) is 7.27. The highest BCUT2D eigenvalue weighted by Gasteiger charge is 2.40. The molecule has 0 saturated heterocycles. The number of aliphatic hydroxyl groups excluding tert-OH is 1. The fraction of sp³-hybridized carbons (Fsp3) is 0.207. The van der Waals surface area contributed by atoms with E-state index in [1.54, 1.807) is 20.2 Å². The summed E-state index contributed by atoms with van der Waals surface area (Å²) >= 11 is 3.47. The van der Waals surface area contributed by atoms with E-state index in [0.29, 0.717) is 17.9 Å². The van der Waals surface area contributed by atoms with E-state index in [0.717, 1.165) is 27.2 Å². The maximum atomic E-state index is 14.3. The maximum absolute atomic E-state index is 14.3. The van der Waals surface area contributed by atoms with Crippen LogP contribution in [0.5, 0.6) is 5.88 Å². The number of aliphatic hydroxyl groups is 1. The van der Waals surface area contributed by atoms with Crippen molar-refractivity contribution in [1.82, 2.24) is 4.98 Å². The summed E-state index contributed by atoms with van der Waals surface area (Å²) in [5.41, 5.74) is 2.21. The van der Waals surface area contributed by atoms with Crippen molar-refractivity contribution in [2.24, 2.45) is 0 Å². The molecule has 0 spiro atoms. The molecule has 1 aliphatic rings. The first-order valence-electron chi connectivity index (χ1n) is 11.3. The molecule has 1 N–H and O–H groups in total. The van der Waals surface area contributed by atoms with E-state index in [9.17, 15) is 13.9 Å². The minimum absolute atomic E-state index is 0.411. The number of methoxy groups -OCH3 is 1. The lowest BCUT2D eigenvalue weighted by Gasteiger charge is -2.38. The van der Waals surface area contributed by atoms with Crippen LogP contribution in [0.4, 0.5) is 8.78 Å². The first-order chi connectivity index (χ1) is 16.8. The van der Waals surface area contributed by atoms with E-state index in [1.807, 2.05) is 66.8 Å². The Kier molecular flexibility index (Phi) is 7.63. The maximum Gasteiger partial charge on any atom is 0.217 e. The Morgan fingerprint density at radius 1 is 1.09 bits per heavy atom. The van der Waals surface area contributed by atoms with E-state index >= 15 is 0 Å². The van der Waals surface area contributed by atoms with E-state index in [1.165, 1.54) is 12.1 Å². The molecule has 1 heterocycles. The lowest BCUT2D eigenvalue weighted by atomic mass is 9.65. The first kappa shape index (κ1) is 25.0. The molecule has 0 amide bonds. The molecular formula is C29H26BrF2NO2. The zero-order valence-electron chi connectivity index (χ0n) is 19.5. The Bertz CT molecular complexity index is 1260. The van der Waals surface area contributed by atoms with Gasteiger partial charge in [-0.15, -0.1) is 0 Å². The van der Waals surface area contributed by atoms with Crippen molar-refractivity contribution in [2.75, 3.05) is 7.11 Å². The van der Waals surface area contributed by atoms with Gasteiger partial charge < -0.3 is 9.84 Å². The van der Waals surface area contributed by atoms with Crippen LogP contribution >= 0.6 is 15.9 Å². The number of hydrogen-bond acceptors (Lipinski definition) is 3. The van der Waals surface area contributed by atoms with Crippen molar-refractivity contribution in [2.45, 2.75) is 30.8 Å². The van der Waals surface area contributed by atoms with Crippen LogP contribution in [0.2, 0.25) is 0 Å². The van der Waals surface area contributed by atoms with Gasteiger partial charge in [0.05, 0.1) is 13.2 Å². The van der Waals surface area contributed by atoms with Crippen molar-refractivity contribution < 1.29 is 18.6 Å². The van der Waals surface area contributed by atoms with Gasteiger partial charge in [0, 0.05) is 39.2 Å². The second-order valence-electron chi connectivity index (χ2n) is 8.63. The summed E-state index contributed by atoms with van der Waals surface area (Å²) < 4.78 is 35.2. The standard InChI is InChI=1S/C29H26BrF2NO2/c1-19(34)6-5-13-29(12-4-3-7-26(29)21-14-24(31)17-25(32)15-21)27-16-22(18-33-28(27)35-2)20-8-10-23(30)11-9-20/h3-5,7-19,26,34H,6H2,1-2H3/b13-5+. The predicted molar refractivity (Wildman–Crippen MR) is 138 cm³/mol. The van der Waals surface area contributed by atoms with Gasteiger partial charge in [-0.25, -0.2) is 13.8 Å². The van der Waals surface area contributed by atoms with E-state index in [2.05, 4.69) is 20.9 Å². The third-order valence-electron chi connectivity index (χ3n) is 6.10. The molecule has 1 aliphatic carbocycles. The molecule has 3 aromatic rings. The number of pyridine rings is 1. The Morgan fingerprint density at radius 2 is 1.80 bits per heavy atom. The second-order valence-corrected chi connectivity index (χ2v) is 9.55. The Hall–Kier alpha value is -3.09. The summed E-state index contributed by atoms with van der Waals surface area (Å²) in [6.07, 6.45) is 13.2. The number of halogens is 3. The first-order valence-corrected chi connectivity index (χ1v) is 12.1. The van der Waals surface area contributed by atoms with Crippen molar-refractivity contribution in [3.63, 3.8) is 0 Å². The van der Waals surface area contributed by atoms with Crippen LogP contribution in [0.1, 0.15) is 30.4 Å². The third-order valence-corrected chi connectivity index (χ3v) is 6.63. The summed E-state index contributed by atoms with van der Waals surface area (Å²) in [5.74, 6) is -1.31. The molecule has 4 rings (SSSR count). The minimum Gasteiger partial charge on any atom is -0.481 e. The molecular weight excluding hydrogens is 512 g/mol. The number of hydrogen-bond donors (Lipinski definition) is 1. The Balaban J connectivity index is 1.95. The fourth-order valence-corrected chi connectivity index (χ4v) is 4.75. The molecule has 0 bridgehead atoms. The SMILES string of the molecule is COc1ncc(-c2ccc(Br)cc2)cc1C1(/C=C/CC(C)O)C=CC=CC1c1cc(F)cc(F)c1. The van der Waals surface area contributed by atoms with Gasteiger partial charge in [0.2, 0.25) is 5.88 Å². The highest BCUT2D eigenvalue weighted by molar-refractivity contribution is 9.10. The van der Waals surface area contributed by atoms with E-state index < -0.39 is 29.1 Å². The van der Waals surface area contributed by atoms with Gasteiger partial charge >= 0.3 is 0 Å². The average molecular weight is 538 g/mol. The summed E-state index contributed by atoms with van der Waals surface area (Å²) in [6, 6.07) is 13.5. The van der Waals surface area contributed by atoms with Gasteiger partial charge in [0.25, 0.3) is 0 Å². The van der Waals surface area contributed by atoms with E-state index in [4.69, 9.17) is 4.74 Å². The van der Waals surface area contributed by atoms with Crippen LogP contribution in [-0.2, 0) is 5.41 Å². The van der Waals surface area contributed by atoms with Gasteiger partial charge in [0.1, 0.15) is 11.6 Å². The van der Waals surface area contributed by atoms with Gasteiger partial charge in [-0.1, -0.05) is 64.5 Å². The van der Waals surface area contributed by atoms with Crippen LogP contribution in [0.25, 0.3) is 11.1 Å². The number of nitrogens with zero attached hydrogens (tertiary/aromatic N) is 1. The smallest absolute Gasteiger partial charge is 0.217 e. The summed E-state index contributed by atoms with van der Waals surface area (Å²) in [7, 11) is 1.55. The quantitative estimate of drug-likeness (QED) is 0.322. The minimum atomic E-state index is -0.867. The Morgan fingerprint density at radius 3 is 2.46 bits per heavy atom. The molecule has 3 unspecified atom stereocenters. The number of rotatable bonds is 7. The monoisotopic (exact) mass is 537 g/mol. The lowest BCUT2D eigenvalue weighted by molar-refractivity contribution is 0.198. The molecule has 180 valence electrons. The van der Waals surface area contributed by atoms with Crippen LogP contribution in [0.3, 0.4) is 0 Å². The van der Waals surface area contributed by atoms with Crippen molar-refractivity contribution in [1.29, 1.82) is 0 Å². The average Bonchev–Trinajstić information content (AvgIpc) is 2.83. The molecule has 1 aromatic heterocycles. The van der Waals surface area contributed by atoms with Gasteiger partial charge in [-0.2, -0.15) is 0 Å². The molecule has 2 aromatic carbocycles. The zero-order valence-corrected chi connectivity index (χ0v) is 21.0. The molecule has 0 fully saturated rings. The highest BCUT2D eigenvalue weighted by Crippen LogP contribution is 2.48. The zero-order chi connectivity index (χ0) is 25.0. The molecule has 0 saturated carbocycles. The number of allylic oxidation sites excluding steroid dienone is 5. The summed E-state index contributed by atoms with van der Waals surface area (Å²) in [4.78, 5) is 4.60. The topological polar surface area (TPSA) is 42.4 Å². The van der Waals surface area contributed by atoms with Crippen molar-refractivity contribution >= 4 is 15.9 Å². The molecule has 3 atom stereocenters. The van der Waals surface area contributed by atoms with Crippen molar-refractivity contribution in [3.8, 4) is 17.0 Å². The van der Waals surface area contributed by atoms with Crippen LogP contribution < -0.4 is 4.74 Å².